The van der Waals surface area contributed by atoms with Crippen LogP contribution in [0.5, 0.6) is 0 Å². The summed E-state index contributed by atoms with van der Waals surface area (Å²) >= 11 is 1.86. The molecule has 1 saturated heterocycles. The lowest BCUT2D eigenvalue weighted by molar-refractivity contribution is -0.384. The van der Waals surface area contributed by atoms with Gasteiger partial charge in [0.25, 0.3) is 11.6 Å². The number of amides is 1. The molecule has 0 saturated carbocycles. The first-order valence-electron chi connectivity index (χ1n) is 9.22. The van der Waals surface area contributed by atoms with E-state index in [1.165, 1.54) is 17.0 Å². The number of carbonyl (C=O) groups excluding carboxylic acids is 2. The molecular weight excluding hydrogens is 416 g/mol. The van der Waals surface area contributed by atoms with Crippen molar-refractivity contribution in [1.29, 1.82) is 0 Å². The van der Waals surface area contributed by atoms with Gasteiger partial charge in [0, 0.05) is 37.2 Å². The highest BCUT2D eigenvalue weighted by Crippen LogP contribution is 2.31. The molecule has 30 heavy (non-hydrogen) atoms. The number of nitro benzene ring substituents is 1. The van der Waals surface area contributed by atoms with Gasteiger partial charge in [0.15, 0.2) is 0 Å². The van der Waals surface area contributed by atoms with E-state index in [4.69, 9.17) is 10.8 Å². The summed E-state index contributed by atoms with van der Waals surface area (Å²) in [5.74, 6) is -1.28. The van der Waals surface area contributed by atoms with Crippen LogP contribution in [0, 0.1) is 10.1 Å². The number of nitro groups is 1. The fraction of sp³-hybridized carbons (Fsp3) is 0.500. The van der Waals surface area contributed by atoms with Crippen molar-refractivity contribution in [2.24, 2.45) is 5.73 Å². The maximum Gasteiger partial charge on any atom is 0.338 e. The van der Waals surface area contributed by atoms with Crippen LogP contribution in [0.25, 0.3) is 0 Å². The Balaban J connectivity index is 2.38. The number of hydrogen-bond acceptors (Lipinski definition) is 9. The number of anilines is 1. The van der Waals surface area contributed by atoms with Crippen LogP contribution in [-0.4, -0.2) is 83.6 Å². The molecule has 1 unspecified atom stereocenters. The third kappa shape index (κ3) is 5.83. The number of nitrogens with two attached hydrogens (primary N) is 1. The summed E-state index contributed by atoms with van der Waals surface area (Å²) in [5.41, 5.74) is 4.51. The number of rotatable bonds is 10. The molecule has 0 bridgehead atoms. The Morgan fingerprint density at radius 1 is 1.37 bits per heavy atom. The molecule has 0 radical (unpaired) electrons. The van der Waals surface area contributed by atoms with Gasteiger partial charge < -0.3 is 25.4 Å². The van der Waals surface area contributed by atoms with E-state index in [1.54, 1.807) is 0 Å². The minimum absolute atomic E-state index is 0.0756. The summed E-state index contributed by atoms with van der Waals surface area (Å²) in [7, 11) is 1.09. The number of methoxy groups -OCH3 is 1. The van der Waals surface area contributed by atoms with Crippen molar-refractivity contribution in [1.82, 2.24) is 4.90 Å². The minimum atomic E-state index is -1.58. The van der Waals surface area contributed by atoms with Gasteiger partial charge in [-0.2, -0.15) is 11.8 Å². The largest absolute Gasteiger partial charge is 0.478 e. The number of esters is 1. The predicted octanol–water partition coefficient (Wildman–Crippen LogP) is 0.565. The van der Waals surface area contributed by atoms with Crippen LogP contribution >= 0.6 is 11.8 Å². The molecule has 1 aromatic rings. The summed E-state index contributed by atoms with van der Waals surface area (Å²) in [6, 6.07) is 1.69. The Bertz CT molecular complexity index is 814. The lowest BCUT2D eigenvalue weighted by Gasteiger charge is -2.31. The third-order valence-corrected chi connectivity index (χ3v) is 5.65. The summed E-state index contributed by atoms with van der Waals surface area (Å²) in [6.45, 7) is 2.60. The van der Waals surface area contributed by atoms with Crippen molar-refractivity contribution in [2.75, 3.05) is 49.7 Å². The molecule has 1 heterocycles. The highest BCUT2D eigenvalue weighted by atomic mass is 32.2. The molecule has 1 amide bonds. The average Bonchev–Trinajstić information content (AvgIpc) is 2.72. The van der Waals surface area contributed by atoms with Gasteiger partial charge in [-0.05, 0) is 25.1 Å². The van der Waals surface area contributed by atoms with Crippen molar-refractivity contribution in [3.8, 4) is 0 Å². The van der Waals surface area contributed by atoms with Crippen molar-refractivity contribution in [2.45, 2.75) is 12.5 Å². The maximum absolute atomic E-state index is 12.2. The predicted molar refractivity (Wildman–Crippen MR) is 111 cm³/mol. The molecule has 12 heteroatoms. The number of primary amides is 1. The normalized spacial score (nSPS) is 15.2. The zero-order chi connectivity index (χ0) is 22.3. The van der Waals surface area contributed by atoms with Crippen molar-refractivity contribution < 1.29 is 29.2 Å². The van der Waals surface area contributed by atoms with E-state index in [-0.39, 0.29) is 17.8 Å². The molecule has 0 aromatic heterocycles. The van der Waals surface area contributed by atoms with E-state index >= 15 is 0 Å². The van der Waals surface area contributed by atoms with Gasteiger partial charge in [0.05, 0.1) is 17.6 Å². The summed E-state index contributed by atoms with van der Waals surface area (Å²) in [4.78, 5) is 49.8. The second kappa shape index (κ2) is 10.8. The van der Waals surface area contributed by atoms with Gasteiger partial charge in [-0.3, -0.25) is 14.9 Å². The zero-order valence-electron chi connectivity index (χ0n) is 16.5. The zero-order valence-corrected chi connectivity index (χ0v) is 17.3. The van der Waals surface area contributed by atoms with E-state index in [2.05, 4.69) is 9.64 Å². The van der Waals surface area contributed by atoms with Gasteiger partial charge in [-0.15, -0.1) is 0 Å². The van der Waals surface area contributed by atoms with Crippen molar-refractivity contribution in [3.63, 3.8) is 0 Å². The number of benzene rings is 1. The van der Waals surface area contributed by atoms with E-state index < -0.39 is 34.5 Å². The van der Waals surface area contributed by atoms with E-state index in [9.17, 15) is 24.5 Å². The van der Waals surface area contributed by atoms with Crippen molar-refractivity contribution >= 4 is 41.0 Å². The summed E-state index contributed by atoms with van der Waals surface area (Å²) < 4.78 is 4.68. The van der Waals surface area contributed by atoms with E-state index in [0.29, 0.717) is 13.0 Å². The molecule has 0 aliphatic carbocycles. The van der Waals surface area contributed by atoms with Crippen molar-refractivity contribution in [3.05, 3.63) is 33.9 Å². The number of nitrogens with zero attached hydrogens (tertiary/aromatic N) is 3. The maximum atomic E-state index is 12.2. The second-order valence-corrected chi connectivity index (χ2v) is 7.82. The highest BCUT2D eigenvalue weighted by Gasteiger charge is 2.36. The Kier molecular flexibility index (Phi) is 8.42. The van der Waals surface area contributed by atoms with Crippen LogP contribution in [-0.2, 0) is 14.3 Å². The topological polar surface area (TPSA) is 156 Å². The number of thioether (sulfide) groups is 1. The van der Waals surface area contributed by atoms with Crippen LogP contribution < -0.4 is 10.6 Å². The lowest BCUT2D eigenvalue weighted by Crippen LogP contribution is -2.51. The number of carboxylic acids is 1. The quantitative estimate of drug-likeness (QED) is 0.228. The molecule has 164 valence electrons. The summed E-state index contributed by atoms with van der Waals surface area (Å²) in [5, 5.41) is 20.7. The first-order chi connectivity index (χ1) is 14.3. The van der Waals surface area contributed by atoms with Gasteiger partial charge >= 0.3 is 11.9 Å². The number of hydrogen-bond donors (Lipinski definition) is 2. The SMILES string of the molecule is COC(=O)C(C(N)=O)N(CCCN1CCSCC1)c1ccc(C(=O)O)cc1[N+](=O)[O-]. The minimum Gasteiger partial charge on any atom is -0.478 e. The standard InChI is InChI=1S/C18H24N4O7S/c1-29-18(26)15(16(19)23)21(6-2-5-20-7-9-30-10-8-20)13-4-3-12(17(24)25)11-14(13)22(27)28/h3-4,11,15H,2,5-10H2,1H3,(H2,19,23)(H,24,25). The van der Waals surface area contributed by atoms with Crippen LogP contribution in [0.4, 0.5) is 11.4 Å². The Hall–Kier alpha value is -2.86. The molecule has 3 N–H and O–H groups in total. The fourth-order valence-electron chi connectivity index (χ4n) is 3.23. The van der Waals surface area contributed by atoms with Crippen LogP contribution in [0.3, 0.4) is 0 Å². The second-order valence-electron chi connectivity index (χ2n) is 6.59. The third-order valence-electron chi connectivity index (χ3n) is 4.71. The molecule has 1 aromatic carbocycles. The molecule has 0 spiro atoms. The molecular formula is C18H24N4O7S. The van der Waals surface area contributed by atoms with E-state index in [1.807, 2.05) is 11.8 Å². The van der Waals surface area contributed by atoms with Gasteiger partial charge in [-0.1, -0.05) is 0 Å². The Morgan fingerprint density at radius 3 is 2.57 bits per heavy atom. The van der Waals surface area contributed by atoms with Crippen LogP contribution in [0.1, 0.15) is 16.8 Å². The molecule has 1 fully saturated rings. The Labute approximate surface area is 177 Å². The van der Waals surface area contributed by atoms with Crippen LogP contribution in [0.15, 0.2) is 18.2 Å². The first-order valence-corrected chi connectivity index (χ1v) is 10.4. The molecule has 1 aliphatic rings. The van der Waals surface area contributed by atoms with Crippen LogP contribution in [0.2, 0.25) is 0 Å². The van der Waals surface area contributed by atoms with Gasteiger partial charge in [0.1, 0.15) is 5.69 Å². The number of ether oxygens (including phenoxy) is 1. The Morgan fingerprint density at radius 2 is 2.03 bits per heavy atom. The average molecular weight is 440 g/mol. The fourth-order valence-corrected chi connectivity index (χ4v) is 4.21. The number of carboxylic acid groups (broad SMARTS) is 1. The van der Waals surface area contributed by atoms with E-state index in [0.717, 1.165) is 37.8 Å². The lowest BCUT2D eigenvalue weighted by atomic mass is 10.1. The molecule has 1 atom stereocenters. The first kappa shape index (κ1) is 23.4. The monoisotopic (exact) mass is 440 g/mol. The highest BCUT2D eigenvalue weighted by molar-refractivity contribution is 7.99. The number of aromatic carboxylic acids is 1. The van der Waals surface area contributed by atoms with Gasteiger partial charge in [0.2, 0.25) is 6.04 Å². The molecule has 11 nitrogen and oxygen atoms in total. The smallest absolute Gasteiger partial charge is 0.338 e. The van der Waals surface area contributed by atoms with Gasteiger partial charge in [-0.25, -0.2) is 9.59 Å². The number of carbonyl (C=O) groups is 3. The molecule has 2 rings (SSSR count). The summed E-state index contributed by atoms with van der Waals surface area (Å²) in [6.07, 6.45) is 0.503. The molecule has 1 aliphatic heterocycles.